The van der Waals surface area contributed by atoms with Crippen LogP contribution in [0.5, 0.6) is 0 Å². The third-order valence-electron chi connectivity index (χ3n) is 3.56. The summed E-state index contributed by atoms with van der Waals surface area (Å²) >= 11 is 0. The molecular formula is C16H20N6O. The molecule has 7 heteroatoms. The Balaban J connectivity index is 1.79. The molecule has 0 aliphatic rings. The number of fused-ring (bicyclic) bond motifs is 1. The van der Waals surface area contributed by atoms with E-state index in [9.17, 15) is 4.79 Å². The lowest BCUT2D eigenvalue weighted by Gasteiger charge is -2.07. The second kappa shape index (κ2) is 6.20. The normalized spacial score (nSPS) is 11.3. The van der Waals surface area contributed by atoms with Gasteiger partial charge in [0.05, 0.1) is 18.1 Å². The van der Waals surface area contributed by atoms with Crippen LogP contribution in [-0.2, 0) is 6.42 Å². The van der Waals surface area contributed by atoms with E-state index in [1.165, 1.54) is 0 Å². The smallest absolute Gasteiger partial charge is 0.276 e. The number of rotatable bonds is 5. The number of aryl methyl sites for hydroxylation is 1. The summed E-state index contributed by atoms with van der Waals surface area (Å²) in [5.74, 6) is -0.249. The van der Waals surface area contributed by atoms with Crippen LogP contribution in [0.2, 0.25) is 0 Å². The molecule has 3 heterocycles. The third-order valence-corrected chi connectivity index (χ3v) is 3.56. The Kier molecular flexibility index (Phi) is 4.10. The average molecular weight is 312 g/mol. The highest BCUT2D eigenvalue weighted by Gasteiger charge is 2.12. The molecular weight excluding hydrogens is 292 g/mol. The van der Waals surface area contributed by atoms with Crippen molar-refractivity contribution < 1.29 is 4.79 Å². The monoisotopic (exact) mass is 312 g/mol. The summed E-state index contributed by atoms with van der Waals surface area (Å²) < 4.78 is 1.85. The minimum Gasteiger partial charge on any atom is -0.319 e. The number of anilines is 1. The van der Waals surface area contributed by atoms with Gasteiger partial charge in [-0.15, -0.1) is 0 Å². The molecule has 23 heavy (non-hydrogen) atoms. The second-order valence-corrected chi connectivity index (χ2v) is 5.80. The van der Waals surface area contributed by atoms with Gasteiger partial charge in [0.1, 0.15) is 0 Å². The molecule has 0 fully saturated rings. The minimum atomic E-state index is -0.249. The first kappa shape index (κ1) is 15.2. The number of amides is 1. The van der Waals surface area contributed by atoms with Crippen LogP contribution in [0.3, 0.4) is 0 Å². The number of carbonyl (C=O) groups is 1. The molecule has 0 atom stereocenters. The number of nitrogens with one attached hydrogen (secondary N) is 2. The molecule has 3 aromatic heterocycles. The van der Waals surface area contributed by atoms with Crippen molar-refractivity contribution in [2.45, 2.75) is 39.7 Å². The summed E-state index contributed by atoms with van der Waals surface area (Å²) in [6, 6.07) is 3.88. The lowest BCUT2D eigenvalue weighted by molar-refractivity contribution is 0.102. The molecule has 0 aliphatic carbocycles. The van der Waals surface area contributed by atoms with Crippen molar-refractivity contribution in [2.24, 2.45) is 0 Å². The summed E-state index contributed by atoms with van der Waals surface area (Å²) in [6.07, 6.45) is 5.28. The molecule has 3 rings (SSSR count). The highest BCUT2D eigenvalue weighted by molar-refractivity contribution is 6.03. The maximum Gasteiger partial charge on any atom is 0.276 e. The average Bonchev–Trinajstić information content (AvgIpc) is 3.13. The van der Waals surface area contributed by atoms with Gasteiger partial charge in [0.15, 0.2) is 11.3 Å². The molecule has 2 N–H and O–H groups in total. The van der Waals surface area contributed by atoms with E-state index in [4.69, 9.17) is 0 Å². The van der Waals surface area contributed by atoms with E-state index in [2.05, 4.69) is 46.4 Å². The van der Waals surface area contributed by atoms with Gasteiger partial charge in [-0.2, -0.15) is 10.2 Å². The van der Waals surface area contributed by atoms with Crippen molar-refractivity contribution in [3.8, 4) is 0 Å². The van der Waals surface area contributed by atoms with Crippen molar-refractivity contribution in [1.82, 2.24) is 25.0 Å². The minimum absolute atomic E-state index is 0.237. The van der Waals surface area contributed by atoms with E-state index >= 15 is 0 Å². The number of nitrogens with zero attached hydrogens (tertiary/aromatic N) is 4. The van der Waals surface area contributed by atoms with E-state index in [1.54, 1.807) is 18.5 Å². The van der Waals surface area contributed by atoms with Crippen molar-refractivity contribution in [3.05, 3.63) is 35.9 Å². The maximum absolute atomic E-state index is 12.2. The highest BCUT2D eigenvalue weighted by atomic mass is 16.1. The van der Waals surface area contributed by atoms with E-state index in [1.807, 2.05) is 10.7 Å². The van der Waals surface area contributed by atoms with E-state index in [0.717, 1.165) is 29.6 Å². The van der Waals surface area contributed by atoms with Gasteiger partial charge in [-0.25, -0.2) is 9.67 Å². The van der Waals surface area contributed by atoms with Crippen molar-refractivity contribution in [2.75, 3.05) is 5.32 Å². The first-order chi connectivity index (χ1) is 11.1. The highest BCUT2D eigenvalue weighted by Crippen LogP contribution is 2.19. The number of hydrogen-bond acceptors (Lipinski definition) is 4. The summed E-state index contributed by atoms with van der Waals surface area (Å²) in [5.41, 5.74) is 2.78. The Morgan fingerprint density at radius 1 is 1.35 bits per heavy atom. The fraction of sp³-hybridized carbons (Fsp3) is 0.375. The van der Waals surface area contributed by atoms with Crippen molar-refractivity contribution in [3.63, 3.8) is 0 Å². The molecule has 0 saturated carbocycles. The fourth-order valence-electron chi connectivity index (χ4n) is 2.46. The van der Waals surface area contributed by atoms with Crippen LogP contribution in [0, 0.1) is 0 Å². The number of aromatic amines is 1. The van der Waals surface area contributed by atoms with Crippen molar-refractivity contribution >= 4 is 22.6 Å². The summed E-state index contributed by atoms with van der Waals surface area (Å²) in [5, 5.41) is 15.0. The molecule has 0 saturated heterocycles. The van der Waals surface area contributed by atoms with Crippen LogP contribution in [0.4, 0.5) is 5.69 Å². The van der Waals surface area contributed by atoms with Gasteiger partial charge in [-0.1, -0.05) is 13.3 Å². The van der Waals surface area contributed by atoms with E-state index in [0.29, 0.717) is 11.4 Å². The van der Waals surface area contributed by atoms with Crippen molar-refractivity contribution in [1.29, 1.82) is 0 Å². The number of H-pyrrole nitrogens is 1. The van der Waals surface area contributed by atoms with Gasteiger partial charge in [0.25, 0.3) is 5.91 Å². The number of hydrogen-bond donors (Lipinski definition) is 2. The van der Waals surface area contributed by atoms with Gasteiger partial charge in [0.2, 0.25) is 0 Å². The quantitative estimate of drug-likeness (QED) is 0.758. The van der Waals surface area contributed by atoms with Gasteiger partial charge < -0.3 is 5.32 Å². The Bertz CT molecular complexity index is 832. The maximum atomic E-state index is 12.2. The molecule has 0 radical (unpaired) electrons. The predicted molar refractivity (Wildman–Crippen MR) is 88.4 cm³/mol. The molecule has 0 unspecified atom stereocenters. The predicted octanol–water partition coefficient (Wildman–Crippen LogP) is 2.94. The summed E-state index contributed by atoms with van der Waals surface area (Å²) in [4.78, 5) is 16.6. The van der Waals surface area contributed by atoms with Gasteiger partial charge in [0, 0.05) is 17.1 Å². The standard InChI is InChI=1S/C16H20N6O/c1-4-5-12-7-14(21-20-12)16(23)19-13-6-11-8-18-22(10(2)3)15(11)17-9-13/h6-10H,4-5H2,1-3H3,(H,19,23)(H,20,21). The van der Waals surface area contributed by atoms with Gasteiger partial charge in [-0.05, 0) is 32.4 Å². The largest absolute Gasteiger partial charge is 0.319 e. The SMILES string of the molecule is CCCc1cc(C(=O)Nc2cnc3c(cnn3C(C)C)c2)n[nH]1. The van der Waals surface area contributed by atoms with Gasteiger partial charge in [-0.3, -0.25) is 9.89 Å². The Labute approximate surface area is 134 Å². The van der Waals surface area contributed by atoms with Crippen LogP contribution in [0.25, 0.3) is 11.0 Å². The zero-order valence-electron chi connectivity index (χ0n) is 13.5. The molecule has 3 aromatic rings. The Hall–Kier alpha value is -2.70. The number of pyridine rings is 1. The molecule has 1 amide bonds. The van der Waals surface area contributed by atoms with Crippen LogP contribution >= 0.6 is 0 Å². The topological polar surface area (TPSA) is 88.5 Å². The van der Waals surface area contributed by atoms with Gasteiger partial charge >= 0.3 is 0 Å². The Morgan fingerprint density at radius 3 is 2.91 bits per heavy atom. The number of carbonyl (C=O) groups excluding carboxylic acids is 1. The lowest BCUT2D eigenvalue weighted by Crippen LogP contribution is -2.12. The summed E-state index contributed by atoms with van der Waals surface area (Å²) in [7, 11) is 0. The molecule has 7 nitrogen and oxygen atoms in total. The van der Waals surface area contributed by atoms with E-state index < -0.39 is 0 Å². The second-order valence-electron chi connectivity index (χ2n) is 5.80. The van der Waals surface area contributed by atoms with E-state index in [-0.39, 0.29) is 11.9 Å². The fourth-order valence-corrected chi connectivity index (χ4v) is 2.46. The third kappa shape index (κ3) is 3.08. The molecule has 0 aromatic carbocycles. The molecule has 0 bridgehead atoms. The first-order valence-electron chi connectivity index (χ1n) is 7.77. The molecule has 0 spiro atoms. The zero-order chi connectivity index (χ0) is 16.4. The Morgan fingerprint density at radius 2 is 2.17 bits per heavy atom. The zero-order valence-corrected chi connectivity index (χ0v) is 13.5. The molecule has 120 valence electrons. The number of aromatic nitrogens is 5. The molecule has 0 aliphatic heterocycles. The first-order valence-corrected chi connectivity index (χ1v) is 7.77. The van der Waals surface area contributed by atoms with Crippen LogP contribution in [-0.4, -0.2) is 30.9 Å². The summed E-state index contributed by atoms with van der Waals surface area (Å²) in [6.45, 7) is 6.18. The van der Waals surface area contributed by atoms with Crippen LogP contribution in [0.1, 0.15) is 49.4 Å². The van der Waals surface area contributed by atoms with Crippen LogP contribution in [0.15, 0.2) is 24.5 Å². The lowest BCUT2D eigenvalue weighted by atomic mass is 10.2. The van der Waals surface area contributed by atoms with Crippen LogP contribution < -0.4 is 5.32 Å².